The first-order chi connectivity index (χ1) is 19.2. The van der Waals surface area contributed by atoms with Crippen molar-refractivity contribution in [3.63, 3.8) is 0 Å². The maximum atomic E-state index is 12.0. The fourth-order valence-corrected chi connectivity index (χ4v) is 5.29. The van der Waals surface area contributed by atoms with Crippen LogP contribution in [0.1, 0.15) is 73.4 Å². The molecule has 0 fully saturated rings. The number of ether oxygens (including phenoxy) is 2. The fourth-order valence-electron chi connectivity index (χ4n) is 5.29. The average molecular weight is 563 g/mol. The van der Waals surface area contributed by atoms with Crippen LogP contribution < -0.4 is 0 Å². The summed E-state index contributed by atoms with van der Waals surface area (Å²) >= 11 is 0. The van der Waals surface area contributed by atoms with Gasteiger partial charge >= 0.3 is 35.0 Å². The van der Waals surface area contributed by atoms with Gasteiger partial charge in [0.05, 0.1) is 37.0 Å². The number of nitrogens with zero attached hydrogens (tertiary/aromatic N) is 2. The number of aromatic nitrogens is 4. The molecule has 0 amide bonds. The van der Waals surface area contributed by atoms with Crippen molar-refractivity contribution < 1.29 is 19.1 Å². The SMILES string of the molecule is COC(=O)CCC1=C(C)c2cc3cc(C)c(cc4cc(C)c(cc5nc(cc1n2)C(CCC(=O)OC)=C5C)[nH]4)[nH]3.[Mg+2]. The van der Waals surface area contributed by atoms with E-state index in [0.717, 1.165) is 78.3 Å². The molecular formula is C32H34MgN4O4+2. The summed E-state index contributed by atoms with van der Waals surface area (Å²) in [7, 11) is 2.80. The molecular weight excluding hydrogens is 529 g/mol. The summed E-state index contributed by atoms with van der Waals surface area (Å²) < 4.78 is 9.82. The van der Waals surface area contributed by atoms with Gasteiger partial charge < -0.3 is 19.4 Å². The van der Waals surface area contributed by atoms with E-state index in [2.05, 4.69) is 48.1 Å². The molecule has 3 aromatic heterocycles. The maximum Gasteiger partial charge on any atom is 2.00 e. The van der Waals surface area contributed by atoms with Gasteiger partial charge in [-0.2, -0.15) is 0 Å². The van der Waals surface area contributed by atoms with Crippen LogP contribution in [0, 0.1) is 13.8 Å². The first kappa shape index (κ1) is 30.3. The first-order valence-electron chi connectivity index (χ1n) is 13.4. The van der Waals surface area contributed by atoms with E-state index in [1.54, 1.807) is 0 Å². The Morgan fingerprint density at radius 2 is 1.07 bits per heavy atom. The molecule has 0 saturated heterocycles. The minimum absolute atomic E-state index is 0. The molecule has 2 aliphatic heterocycles. The second-order valence-corrected chi connectivity index (χ2v) is 10.3. The van der Waals surface area contributed by atoms with E-state index in [-0.39, 0.29) is 47.8 Å². The number of nitrogens with one attached hydrogen (secondary N) is 2. The van der Waals surface area contributed by atoms with E-state index in [9.17, 15) is 9.59 Å². The van der Waals surface area contributed by atoms with E-state index >= 15 is 0 Å². The van der Waals surface area contributed by atoms with Crippen molar-refractivity contribution >= 4 is 79.4 Å². The third-order valence-corrected chi connectivity index (χ3v) is 7.69. The zero-order valence-electron chi connectivity index (χ0n) is 24.5. The van der Waals surface area contributed by atoms with Crippen molar-refractivity contribution in [2.45, 2.75) is 53.4 Å². The Morgan fingerprint density at radius 1 is 0.634 bits per heavy atom. The molecule has 9 heteroatoms. The van der Waals surface area contributed by atoms with Crippen LogP contribution in [-0.4, -0.2) is 69.1 Å². The first-order valence-corrected chi connectivity index (χ1v) is 13.4. The number of carbonyl (C=O) groups is 2. The Bertz CT molecular complexity index is 1760. The van der Waals surface area contributed by atoms with Crippen LogP contribution in [-0.2, 0) is 19.1 Å². The minimum Gasteiger partial charge on any atom is -0.469 e. The largest absolute Gasteiger partial charge is 2.00 e. The van der Waals surface area contributed by atoms with Crippen LogP contribution >= 0.6 is 0 Å². The van der Waals surface area contributed by atoms with Gasteiger partial charge in [0.25, 0.3) is 0 Å². The van der Waals surface area contributed by atoms with Gasteiger partial charge in [-0.3, -0.25) is 9.59 Å². The average Bonchev–Trinajstić information content (AvgIpc) is 3.62. The molecule has 0 atom stereocenters. The van der Waals surface area contributed by atoms with Gasteiger partial charge in [-0.25, -0.2) is 9.97 Å². The van der Waals surface area contributed by atoms with Crippen LogP contribution in [0.15, 0.2) is 36.4 Å². The van der Waals surface area contributed by atoms with E-state index in [4.69, 9.17) is 19.4 Å². The Morgan fingerprint density at radius 3 is 1.56 bits per heavy atom. The molecule has 0 radical (unpaired) electrons. The molecule has 2 aliphatic rings. The fraction of sp³-hybridized carbons (Fsp3) is 0.312. The molecule has 206 valence electrons. The summed E-state index contributed by atoms with van der Waals surface area (Å²) in [4.78, 5) is 41.1. The molecule has 3 aromatic rings. The molecule has 8 nitrogen and oxygen atoms in total. The summed E-state index contributed by atoms with van der Waals surface area (Å²) in [6.07, 6.45) is 1.49. The van der Waals surface area contributed by atoms with Crippen LogP contribution in [0.25, 0.3) is 44.4 Å². The summed E-state index contributed by atoms with van der Waals surface area (Å²) in [5.41, 5.74) is 13.3. The monoisotopic (exact) mass is 562 g/mol. The zero-order valence-corrected chi connectivity index (χ0v) is 25.9. The van der Waals surface area contributed by atoms with Crippen molar-refractivity contribution in [1.82, 2.24) is 19.9 Å². The van der Waals surface area contributed by atoms with Gasteiger partial charge in [-0.05, 0) is 110 Å². The molecule has 0 aliphatic carbocycles. The van der Waals surface area contributed by atoms with Crippen LogP contribution in [0.3, 0.4) is 0 Å². The van der Waals surface area contributed by atoms with Crippen LogP contribution in [0.4, 0.5) is 0 Å². The summed E-state index contributed by atoms with van der Waals surface area (Å²) in [6.45, 7) is 8.22. The van der Waals surface area contributed by atoms with E-state index < -0.39 is 0 Å². The number of methoxy groups -OCH3 is 2. The Hall–Kier alpha value is -3.69. The number of hydrogen-bond acceptors (Lipinski definition) is 6. The second-order valence-electron chi connectivity index (χ2n) is 10.3. The Kier molecular flexibility index (Phi) is 9.19. The second kappa shape index (κ2) is 12.4. The van der Waals surface area contributed by atoms with Gasteiger partial charge in [-0.1, -0.05) is 0 Å². The van der Waals surface area contributed by atoms with E-state index in [1.807, 2.05) is 26.0 Å². The minimum atomic E-state index is -0.269. The molecule has 2 N–H and O–H groups in total. The predicted molar refractivity (Wildman–Crippen MR) is 164 cm³/mol. The number of aromatic amines is 2. The molecule has 5 heterocycles. The third-order valence-electron chi connectivity index (χ3n) is 7.69. The maximum absolute atomic E-state index is 12.0. The van der Waals surface area contributed by atoms with E-state index in [0.29, 0.717) is 12.8 Å². The van der Waals surface area contributed by atoms with Gasteiger partial charge in [-0.15, -0.1) is 0 Å². The molecule has 41 heavy (non-hydrogen) atoms. The van der Waals surface area contributed by atoms with Gasteiger partial charge in [0, 0.05) is 34.9 Å². The standard InChI is InChI=1S/C32H34N4O4.Mg/c1-17-11-22-14-27-19(3)23(7-9-31(37)39-5)29(35-27)16-30-24(8-10-32(38)40-6)20(4)28(36-30)15-26-18(2)12-21(34-26)13-25(17)33-22;/h11-16,33-34H,7-10H2,1-6H3;/q;+2. The number of aryl methyl sites for hydroxylation is 2. The molecule has 5 rings (SSSR count). The normalized spacial score (nSPS) is 12.8. The molecule has 0 unspecified atom stereocenters. The number of hydrogen-bond donors (Lipinski definition) is 2. The van der Waals surface area contributed by atoms with Crippen LogP contribution in [0.5, 0.6) is 0 Å². The zero-order chi connectivity index (χ0) is 28.6. The van der Waals surface area contributed by atoms with Crippen molar-refractivity contribution in [2.75, 3.05) is 14.2 Å². The van der Waals surface area contributed by atoms with Crippen LogP contribution in [0.2, 0.25) is 0 Å². The molecule has 8 bridgehead atoms. The molecule has 0 saturated carbocycles. The number of carbonyl (C=O) groups excluding carboxylic acids is 2. The van der Waals surface area contributed by atoms with Gasteiger partial charge in [0.1, 0.15) is 0 Å². The summed E-state index contributed by atoms with van der Waals surface area (Å²) in [5.74, 6) is -0.539. The van der Waals surface area contributed by atoms with E-state index in [1.165, 1.54) is 14.2 Å². The number of esters is 2. The van der Waals surface area contributed by atoms with Crippen molar-refractivity contribution in [3.8, 4) is 0 Å². The van der Waals surface area contributed by atoms with Crippen molar-refractivity contribution in [1.29, 1.82) is 0 Å². The summed E-state index contributed by atoms with van der Waals surface area (Å²) in [5, 5.41) is 0. The Balaban J connectivity index is 0.00000387. The van der Waals surface area contributed by atoms with Gasteiger partial charge in [0.2, 0.25) is 0 Å². The van der Waals surface area contributed by atoms with Gasteiger partial charge in [0.15, 0.2) is 0 Å². The number of fused-ring (bicyclic) bond motifs is 8. The van der Waals surface area contributed by atoms with Crippen molar-refractivity contribution in [2.24, 2.45) is 0 Å². The topological polar surface area (TPSA) is 110 Å². The molecule has 0 spiro atoms. The van der Waals surface area contributed by atoms with Crippen molar-refractivity contribution in [3.05, 3.63) is 70.3 Å². The quantitative estimate of drug-likeness (QED) is 0.269. The predicted octanol–water partition coefficient (Wildman–Crippen LogP) is 6.32. The third kappa shape index (κ3) is 6.31. The smallest absolute Gasteiger partial charge is 0.469 e. The molecule has 0 aromatic carbocycles. The number of allylic oxidation sites excluding steroid dienone is 4. The number of rotatable bonds is 6. The Labute approximate surface area is 255 Å². The number of H-pyrrole nitrogens is 2. The summed E-state index contributed by atoms with van der Waals surface area (Å²) in [6, 6.07) is 12.4.